The van der Waals surface area contributed by atoms with Gasteiger partial charge in [-0.05, 0) is 35.9 Å². The fourth-order valence-electron chi connectivity index (χ4n) is 4.48. The fourth-order valence-corrected chi connectivity index (χ4v) is 4.78. The lowest BCUT2D eigenvalue weighted by Gasteiger charge is -2.31. The predicted molar refractivity (Wildman–Crippen MR) is 150 cm³/mol. The maximum absolute atomic E-state index is 13.9. The number of anilines is 1. The maximum Gasteiger partial charge on any atom is 0.323 e. The standard InChI is InChI=1S/C27H21Cl2F2N5O7/c28-20-5-4-18(12-21(20)29)32-27(41)35-7-6-34(26(40)15-8-16(30)11-17(31)9-15)25(35)24(39)33-22(13-23(37)38)14-2-1-3-19(10-14)36(42)43/h1-5,8-12,22,25H,6-7,13H2,(H,32,41)(H,33,39)(H,37,38). The summed E-state index contributed by atoms with van der Waals surface area (Å²) in [6.07, 6.45) is -2.44. The van der Waals surface area contributed by atoms with Crippen LogP contribution >= 0.6 is 23.2 Å². The monoisotopic (exact) mass is 635 g/mol. The third kappa shape index (κ3) is 7.34. The van der Waals surface area contributed by atoms with Crippen LogP contribution in [0.2, 0.25) is 10.0 Å². The number of hydrogen-bond acceptors (Lipinski definition) is 6. The zero-order valence-corrected chi connectivity index (χ0v) is 23.3. The van der Waals surface area contributed by atoms with Crippen LogP contribution in [-0.2, 0) is 9.59 Å². The molecule has 0 bridgehead atoms. The number of carbonyl (C=O) groups is 4. The minimum atomic E-state index is -1.73. The number of rotatable bonds is 8. The summed E-state index contributed by atoms with van der Waals surface area (Å²) in [5.74, 6) is -5.49. The Morgan fingerprint density at radius 1 is 0.977 bits per heavy atom. The van der Waals surface area contributed by atoms with Gasteiger partial charge in [-0.1, -0.05) is 35.3 Å². The van der Waals surface area contributed by atoms with Gasteiger partial charge in [0, 0.05) is 42.5 Å². The zero-order chi connectivity index (χ0) is 31.4. The summed E-state index contributed by atoms with van der Waals surface area (Å²) < 4.78 is 27.8. The Morgan fingerprint density at radius 2 is 1.65 bits per heavy atom. The first kappa shape index (κ1) is 31.1. The average molecular weight is 636 g/mol. The number of hydrogen-bond donors (Lipinski definition) is 3. The Kier molecular flexibility index (Phi) is 9.41. The lowest BCUT2D eigenvalue weighted by atomic mass is 10.0. The molecule has 1 saturated heterocycles. The second kappa shape index (κ2) is 13.0. The van der Waals surface area contributed by atoms with Gasteiger partial charge in [-0.25, -0.2) is 13.6 Å². The highest BCUT2D eigenvalue weighted by Crippen LogP contribution is 2.28. The topological polar surface area (TPSA) is 162 Å². The van der Waals surface area contributed by atoms with Gasteiger partial charge < -0.3 is 20.6 Å². The Hall–Kier alpha value is -4.82. The van der Waals surface area contributed by atoms with Crippen molar-refractivity contribution in [2.45, 2.75) is 18.6 Å². The number of carboxylic acids is 1. The van der Waals surface area contributed by atoms with Crippen LogP contribution in [-0.4, -0.2) is 62.9 Å². The van der Waals surface area contributed by atoms with E-state index in [0.717, 1.165) is 28.0 Å². The molecule has 3 N–H and O–H groups in total. The maximum atomic E-state index is 13.9. The van der Waals surface area contributed by atoms with Crippen molar-refractivity contribution in [1.82, 2.24) is 15.1 Å². The van der Waals surface area contributed by atoms with Crippen molar-refractivity contribution in [2.24, 2.45) is 0 Å². The number of nitro groups is 1. The highest BCUT2D eigenvalue weighted by Gasteiger charge is 2.44. The number of aliphatic carboxylic acids is 1. The van der Waals surface area contributed by atoms with Crippen molar-refractivity contribution >= 4 is 58.4 Å². The van der Waals surface area contributed by atoms with Crippen molar-refractivity contribution in [3.63, 3.8) is 0 Å². The molecule has 1 aliphatic heterocycles. The van der Waals surface area contributed by atoms with Gasteiger partial charge in [0.15, 0.2) is 6.17 Å². The van der Waals surface area contributed by atoms with Gasteiger partial charge in [-0.2, -0.15) is 0 Å². The number of urea groups is 1. The summed E-state index contributed by atoms with van der Waals surface area (Å²) in [5, 5.41) is 26.1. The van der Waals surface area contributed by atoms with Crippen LogP contribution < -0.4 is 10.6 Å². The molecule has 224 valence electrons. The number of non-ortho nitro benzene ring substituents is 1. The second-order valence-corrected chi connectivity index (χ2v) is 10.1. The van der Waals surface area contributed by atoms with Crippen molar-refractivity contribution < 1.29 is 38.0 Å². The second-order valence-electron chi connectivity index (χ2n) is 9.29. The average Bonchev–Trinajstić information content (AvgIpc) is 3.39. The van der Waals surface area contributed by atoms with Crippen LogP contribution in [0.5, 0.6) is 0 Å². The van der Waals surface area contributed by atoms with E-state index in [4.69, 9.17) is 23.2 Å². The summed E-state index contributed by atoms with van der Waals surface area (Å²) in [5.41, 5.74) is -0.547. The van der Waals surface area contributed by atoms with E-state index in [-0.39, 0.29) is 40.1 Å². The largest absolute Gasteiger partial charge is 0.481 e. The highest BCUT2D eigenvalue weighted by atomic mass is 35.5. The molecule has 12 nitrogen and oxygen atoms in total. The molecule has 3 aromatic rings. The Labute approximate surface area is 251 Å². The Morgan fingerprint density at radius 3 is 2.28 bits per heavy atom. The molecule has 1 aliphatic rings. The van der Waals surface area contributed by atoms with Gasteiger partial charge >= 0.3 is 12.0 Å². The molecule has 2 atom stereocenters. The summed E-state index contributed by atoms with van der Waals surface area (Å²) in [4.78, 5) is 64.5. The molecular formula is C27H21Cl2F2N5O7. The van der Waals surface area contributed by atoms with Gasteiger partial charge in [0.1, 0.15) is 11.6 Å². The van der Waals surface area contributed by atoms with Crippen LogP contribution in [0.4, 0.5) is 25.0 Å². The number of halogens is 4. The third-order valence-electron chi connectivity index (χ3n) is 6.39. The molecule has 4 rings (SSSR count). The number of nitrogens with one attached hydrogen (secondary N) is 2. The minimum Gasteiger partial charge on any atom is -0.481 e. The lowest BCUT2D eigenvalue weighted by Crippen LogP contribution is -2.55. The van der Waals surface area contributed by atoms with Gasteiger partial charge in [0.05, 0.1) is 27.4 Å². The molecule has 0 saturated carbocycles. The van der Waals surface area contributed by atoms with Crippen molar-refractivity contribution in [2.75, 3.05) is 18.4 Å². The summed E-state index contributed by atoms with van der Waals surface area (Å²) in [6.45, 7) is -0.459. The van der Waals surface area contributed by atoms with Crippen LogP contribution in [0, 0.1) is 21.7 Å². The number of benzene rings is 3. The van der Waals surface area contributed by atoms with Crippen molar-refractivity contribution in [3.8, 4) is 0 Å². The zero-order valence-electron chi connectivity index (χ0n) is 21.8. The van der Waals surface area contributed by atoms with E-state index in [1.165, 1.54) is 36.4 Å². The molecule has 0 radical (unpaired) electrons. The predicted octanol–water partition coefficient (Wildman–Crippen LogP) is 4.83. The number of nitro benzene ring substituents is 1. The van der Waals surface area contributed by atoms with E-state index in [1.54, 1.807) is 0 Å². The Balaban J connectivity index is 1.69. The quantitative estimate of drug-likeness (QED) is 0.236. The Bertz CT molecular complexity index is 1610. The van der Waals surface area contributed by atoms with Crippen LogP contribution in [0.3, 0.4) is 0 Å². The molecule has 4 amide bonds. The molecule has 43 heavy (non-hydrogen) atoms. The number of carbonyl (C=O) groups excluding carboxylic acids is 3. The third-order valence-corrected chi connectivity index (χ3v) is 7.13. The van der Waals surface area contributed by atoms with Crippen LogP contribution in [0.1, 0.15) is 28.4 Å². The number of carboxylic acid groups (broad SMARTS) is 1. The van der Waals surface area contributed by atoms with Gasteiger partial charge in [-0.15, -0.1) is 0 Å². The molecule has 0 aromatic heterocycles. The van der Waals surface area contributed by atoms with Gasteiger partial charge in [0.2, 0.25) is 0 Å². The number of nitrogens with zero attached hydrogens (tertiary/aromatic N) is 3. The molecule has 0 aliphatic carbocycles. The van der Waals surface area contributed by atoms with Crippen LogP contribution in [0.25, 0.3) is 0 Å². The molecule has 1 fully saturated rings. The summed E-state index contributed by atoms with van der Waals surface area (Å²) >= 11 is 11.9. The minimum absolute atomic E-state index is 0.0693. The molecule has 2 unspecified atom stereocenters. The summed E-state index contributed by atoms with van der Waals surface area (Å²) in [6, 6.07) is 8.98. The smallest absolute Gasteiger partial charge is 0.323 e. The van der Waals surface area contributed by atoms with E-state index < -0.39 is 64.6 Å². The first-order chi connectivity index (χ1) is 20.3. The highest BCUT2D eigenvalue weighted by molar-refractivity contribution is 6.42. The first-order valence-corrected chi connectivity index (χ1v) is 13.2. The molecule has 16 heteroatoms. The first-order valence-electron chi connectivity index (χ1n) is 12.4. The SMILES string of the molecule is O=C(O)CC(NC(=O)C1N(C(=O)Nc2ccc(Cl)c(Cl)c2)CCN1C(=O)c1cc(F)cc(F)c1)c1cccc([N+](=O)[O-])c1. The van der Waals surface area contributed by atoms with E-state index in [1.807, 2.05) is 0 Å². The van der Waals surface area contributed by atoms with E-state index in [9.17, 15) is 43.2 Å². The van der Waals surface area contributed by atoms with E-state index in [0.29, 0.717) is 6.07 Å². The van der Waals surface area contributed by atoms with Crippen LogP contribution in [0.15, 0.2) is 60.7 Å². The lowest BCUT2D eigenvalue weighted by molar-refractivity contribution is -0.384. The van der Waals surface area contributed by atoms with Crippen molar-refractivity contribution in [1.29, 1.82) is 0 Å². The molecular weight excluding hydrogens is 615 g/mol. The van der Waals surface area contributed by atoms with E-state index >= 15 is 0 Å². The molecule has 3 aromatic carbocycles. The number of amides is 4. The normalized spacial score (nSPS) is 15.1. The molecule has 1 heterocycles. The summed E-state index contributed by atoms with van der Waals surface area (Å²) in [7, 11) is 0. The van der Waals surface area contributed by atoms with Gasteiger partial charge in [-0.3, -0.25) is 29.4 Å². The fraction of sp³-hybridized carbons (Fsp3) is 0.185. The van der Waals surface area contributed by atoms with Gasteiger partial charge in [0.25, 0.3) is 17.5 Å². The van der Waals surface area contributed by atoms with E-state index in [2.05, 4.69) is 10.6 Å². The van der Waals surface area contributed by atoms with Crippen molar-refractivity contribution in [3.05, 3.63) is 104 Å². The molecule has 0 spiro atoms.